The number of amides is 1. The molecule has 5 rings (SSSR count). The van der Waals surface area contributed by atoms with Crippen molar-refractivity contribution < 1.29 is 9.53 Å². The molecule has 0 aliphatic carbocycles. The van der Waals surface area contributed by atoms with Gasteiger partial charge in [0.2, 0.25) is 5.91 Å². The van der Waals surface area contributed by atoms with Crippen molar-refractivity contribution >= 4 is 29.0 Å². The molecule has 0 aromatic heterocycles. The second-order valence-corrected chi connectivity index (χ2v) is 8.93. The highest BCUT2D eigenvalue weighted by atomic mass is 32.2. The summed E-state index contributed by atoms with van der Waals surface area (Å²) in [6.07, 6.45) is 3.33. The molecule has 1 aromatic rings. The number of thioether (sulfide) groups is 1. The Morgan fingerprint density at radius 3 is 2.77 bits per heavy atom. The number of rotatable bonds is 2. The van der Waals surface area contributed by atoms with Gasteiger partial charge in [-0.2, -0.15) is 11.8 Å². The molecule has 4 aliphatic rings. The number of anilines is 2. The Balaban J connectivity index is 1.31. The Morgan fingerprint density at radius 2 is 1.96 bits per heavy atom. The zero-order valence-electron chi connectivity index (χ0n) is 15.2. The Hall–Kier alpha value is -1.40. The third kappa shape index (κ3) is 2.87. The van der Waals surface area contributed by atoms with Crippen LogP contribution in [0.4, 0.5) is 11.4 Å². The predicted molar refractivity (Wildman–Crippen MR) is 107 cm³/mol. The molecule has 0 N–H and O–H groups in total. The first kappa shape index (κ1) is 16.8. The predicted octanol–water partition coefficient (Wildman–Crippen LogP) is 2.45. The van der Waals surface area contributed by atoms with Crippen molar-refractivity contribution in [2.45, 2.75) is 25.3 Å². The fourth-order valence-electron chi connectivity index (χ4n) is 4.88. The number of hydrogen-bond acceptors (Lipinski definition) is 5. The summed E-state index contributed by atoms with van der Waals surface area (Å²) >= 11 is 2.07. The summed E-state index contributed by atoms with van der Waals surface area (Å²) in [7, 11) is 0. The van der Waals surface area contributed by atoms with Crippen LogP contribution in [0.1, 0.15) is 19.3 Å². The van der Waals surface area contributed by atoms with Crippen LogP contribution in [0.2, 0.25) is 0 Å². The van der Waals surface area contributed by atoms with E-state index in [-0.39, 0.29) is 5.92 Å². The first-order chi connectivity index (χ1) is 12.8. The fourth-order valence-corrected chi connectivity index (χ4v) is 6.13. The smallest absolute Gasteiger partial charge is 0.230 e. The Kier molecular flexibility index (Phi) is 4.49. The number of ether oxygens (including phenoxy) is 1. The van der Waals surface area contributed by atoms with Gasteiger partial charge in [-0.1, -0.05) is 6.07 Å². The Bertz CT molecular complexity index is 684. The Morgan fingerprint density at radius 1 is 1.08 bits per heavy atom. The van der Waals surface area contributed by atoms with Gasteiger partial charge < -0.3 is 14.5 Å². The second kappa shape index (κ2) is 6.97. The van der Waals surface area contributed by atoms with Gasteiger partial charge >= 0.3 is 0 Å². The number of carbonyl (C=O) groups is 1. The van der Waals surface area contributed by atoms with Crippen LogP contribution in [0.15, 0.2) is 18.2 Å². The number of carbonyl (C=O) groups excluding carboxylic acids is 1. The van der Waals surface area contributed by atoms with E-state index < -0.39 is 0 Å². The molecule has 1 atom stereocenters. The molecule has 0 saturated carbocycles. The lowest BCUT2D eigenvalue weighted by Crippen LogP contribution is -2.50. The van der Waals surface area contributed by atoms with E-state index >= 15 is 0 Å². The lowest BCUT2D eigenvalue weighted by molar-refractivity contribution is -0.124. The molecule has 4 aliphatic heterocycles. The van der Waals surface area contributed by atoms with Crippen molar-refractivity contribution in [1.29, 1.82) is 0 Å². The van der Waals surface area contributed by atoms with Gasteiger partial charge in [-0.3, -0.25) is 9.69 Å². The first-order valence-electron chi connectivity index (χ1n) is 9.95. The Labute approximate surface area is 159 Å². The summed E-state index contributed by atoms with van der Waals surface area (Å²) in [6, 6.07) is 6.88. The van der Waals surface area contributed by atoms with Gasteiger partial charge in [-0.15, -0.1) is 0 Å². The van der Waals surface area contributed by atoms with E-state index in [1.165, 1.54) is 17.9 Å². The normalized spacial score (nSPS) is 26.5. The highest BCUT2D eigenvalue weighted by Crippen LogP contribution is 2.43. The fraction of sp³-hybridized carbons (Fsp3) is 0.650. The summed E-state index contributed by atoms with van der Waals surface area (Å²) in [5, 5.41) is 0. The lowest BCUT2D eigenvalue weighted by Gasteiger charge is -2.43. The molecule has 5 nitrogen and oxygen atoms in total. The molecular weight excluding hydrogens is 346 g/mol. The minimum Gasteiger partial charge on any atom is -0.489 e. The van der Waals surface area contributed by atoms with Crippen molar-refractivity contribution in [3.63, 3.8) is 0 Å². The van der Waals surface area contributed by atoms with Crippen molar-refractivity contribution in [1.82, 2.24) is 4.90 Å². The average Bonchev–Trinajstić information content (AvgIpc) is 3.23. The monoisotopic (exact) mass is 373 g/mol. The highest BCUT2D eigenvalue weighted by Gasteiger charge is 2.36. The molecule has 0 radical (unpaired) electrons. The van der Waals surface area contributed by atoms with E-state index in [1.807, 2.05) is 17.0 Å². The van der Waals surface area contributed by atoms with Crippen LogP contribution >= 0.6 is 11.8 Å². The molecular formula is C20H27N3O2S. The van der Waals surface area contributed by atoms with E-state index in [0.717, 1.165) is 75.3 Å². The van der Waals surface area contributed by atoms with Gasteiger partial charge in [0.25, 0.3) is 0 Å². The SMILES string of the molecule is O=C(C1CCN(C2CCSC2)CC1)N1CCN2CCOc3cccc1c32. The molecule has 6 heteroatoms. The molecule has 2 fully saturated rings. The van der Waals surface area contributed by atoms with E-state index in [9.17, 15) is 4.79 Å². The number of benzene rings is 1. The quantitative estimate of drug-likeness (QED) is 0.796. The van der Waals surface area contributed by atoms with Crippen LogP contribution in [0, 0.1) is 5.92 Å². The van der Waals surface area contributed by atoms with Crippen molar-refractivity contribution in [2.24, 2.45) is 5.92 Å². The zero-order chi connectivity index (χ0) is 17.5. The van der Waals surface area contributed by atoms with Crippen LogP contribution in [-0.2, 0) is 4.79 Å². The largest absolute Gasteiger partial charge is 0.489 e. The summed E-state index contributed by atoms with van der Waals surface area (Å²) in [6.45, 7) is 5.54. The molecule has 4 heterocycles. The molecule has 0 bridgehead atoms. The maximum absolute atomic E-state index is 13.3. The van der Waals surface area contributed by atoms with E-state index in [2.05, 4.69) is 27.6 Å². The summed E-state index contributed by atoms with van der Waals surface area (Å²) in [5.41, 5.74) is 2.17. The van der Waals surface area contributed by atoms with E-state index in [1.54, 1.807) is 0 Å². The standard InChI is InChI=1S/C20H27N3O2S/c24-20(15-4-7-21(8-5-15)16-6-13-26-14-16)23-10-9-22-11-12-25-18-3-1-2-17(23)19(18)22/h1-3,15-16H,4-14H2. The van der Waals surface area contributed by atoms with Crippen LogP contribution in [-0.4, -0.2) is 67.7 Å². The number of likely N-dealkylation sites (tertiary alicyclic amines) is 1. The molecule has 1 unspecified atom stereocenters. The van der Waals surface area contributed by atoms with Crippen LogP contribution < -0.4 is 14.5 Å². The molecule has 140 valence electrons. The van der Waals surface area contributed by atoms with Crippen molar-refractivity contribution in [3.8, 4) is 5.75 Å². The minimum atomic E-state index is 0.173. The van der Waals surface area contributed by atoms with Crippen molar-refractivity contribution in [2.75, 3.05) is 60.6 Å². The summed E-state index contributed by atoms with van der Waals surface area (Å²) < 4.78 is 5.83. The van der Waals surface area contributed by atoms with E-state index in [4.69, 9.17) is 4.74 Å². The van der Waals surface area contributed by atoms with Gasteiger partial charge in [-0.05, 0) is 50.2 Å². The number of piperidine rings is 1. The molecule has 26 heavy (non-hydrogen) atoms. The molecule has 1 amide bonds. The number of hydrogen-bond donors (Lipinski definition) is 0. The zero-order valence-corrected chi connectivity index (χ0v) is 16.0. The maximum atomic E-state index is 13.3. The van der Waals surface area contributed by atoms with Gasteiger partial charge in [0.15, 0.2) is 0 Å². The highest BCUT2D eigenvalue weighted by molar-refractivity contribution is 7.99. The molecule has 2 saturated heterocycles. The van der Waals surface area contributed by atoms with Gasteiger partial charge in [0, 0.05) is 30.8 Å². The van der Waals surface area contributed by atoms with Gasteiger partial charge in [0.1, 0.15) is 18.0 Å². The first-order valence-corrected chi connectivity index (χ1v) is 11.1. The maximum Gasteiger partial charge on any atom is 0.230 e. The molecule has 1 aromatic carbocycles. The van der Waals surface area contributed by atoms with Gasteiger partial charge in [-0.25, -0.2) is 0 Å². The van der Waals surface area contributed by atoms with Crippen LogP contribution in [0.3, 0.4) is 0 Å². The average molecular weight is 374 g/mol. The van der Waals surface area contributed by atoms with Crippen molar-refractivity contribution in [3.05, 3.63) is 18.2 Å². The summed E-state index contributed by atoms with van der Waals surface area (Å²) in [5.74, 6) is 4.00. The van der Waals surface area contributed by atoms with E-state index in [0.29, 0.717) is 5.91 Å². The third-order valence-corrected chi connectivity index (χ3v) is 7.51. The van der Waals surface area contributed by atoms with Gasteiger partial charge in [0.05, 0.1) is 12.2 Å². The second-order valence-electron chi connectivity index (χ2n) is 7.78. The summed E-state index contributed by atoms with van der Waals surface area (Å²) in [4.78, 5) is 20.3. The number of nitrogens with zero attached hydrogens (tertiary/aromatic N) is 3. The molecule has 0 spiro atoms. The number of para-hydroxylation sites is 1. The van der Waals surface area contributed by atoms with Crippen LogP contribution in [0.25, 0.3) is 0 Å². The lowest BCUT2D eigenvalue weighted by atomic mass is 9.93. The minimum absolute atomic E-state index is 0.173. The van der Waals surface area contributed by atoms with Crippen LogP contribution in [0.5, 0.6) is 5.75 Å². The topological polar surface area (TPSA) is 36.0 Å². The third-order valence-electron chi connectivity index (χ3n) is 6.36.